The Morgan fingerprint density at radius 3 is 1.50 bits per heavy atom. The van der Waals surface area contributed by atoms with Crippen LogP contribution in [0.15, 0.2) is 0 Å². The summed E-state index contributed by atoms with van der Waals surface area (Å²) in [5.41, 5.74) is 0. The normalized spacial score (nSPS) is 8.50. The molecule has 0 aliphatic heterocycles. The SMILES string of the molecule is CNC(=S)NCCNC(=S)NC. The Hall–Kier alpha value is -0.620. The van der Waals surface area contributed by atoms with Crippen molar-refractivity contribution in [3.63, 3.8) is 0 Å². The van der Waals surface area contributed by atoms with Gasteiger partial charge in [-0.3, -0.25) is 0 Å². The second-order valence-corrected chi connectivity index (χ2v) is 2.83. The fraction of sp³-hybridized carbons (Fsp3) is 0.667. The quantitative estimate of drug-likeness (QED) is 0.357. The van der Waals surface area contributed by atoms with E-state index < -0.39 is 0 Å². The van der Waals surface area contributed by atoms with Gasteiger partial charge in [-0.2, -0.15) is 0 Å². The monoisotopic (exact) mass is 206 g/mol. The zero-order valence-electron chi connectivity index (χ0n) is 7.23. The van der Waals surface area contributed by atoms with Gasteiger partial charge in [-0.25, -0.2) is 0 Å². The molecule has 0 rings (SSSR count). The van der Waals surface area contributed by atoms with E-state index in [0.29, 0.717) is 10.2 Å². The Bertz CT molecular complexity index is 142. The third-order valence-corrected chi connectivity index (χ3v) is 1.85. The van der Waals surface area contributed by atoms with E-state index in [0.717, 1.165) is 13.1 Å². The van der Waals surface area contributed by atoms with Gasteiger partial charge in [0.25, 0.3) is 0 Å². The molecular formula is C6H14N4S2. The molecule has 0 heterocycles. The first-order valence-corrected chi connectivity index (χ1v) is 4.43. The number of nitrogens with one attached hydrogen (secondary N) is 4. The average Bonchev–Trinajstić information content (AvgIpc) is 2.11. The second kappa shape index (κ2) is 7.05. The predicted octanol–water partition coefficient (Wildman–Crippen LogP) is -0.826. The molecule has 70 valence electrons. The van der Waals surface area contributed by atoms with Crippen molar-refractivity contribution >= 4 is 34.7 Å². The molecule has 0 spiro atoms. The summed E-state index contributed by atoms with van der Waals surface area (Å²) < 4.78 is 0. The molecule has 0 aromatic heterocycles. The lowest BCUT2D eigenvalue weighted by atomic mass is 10.6. The molecule has 0 aromatic rings. The van der Waals surface area contributed by atoms with Crippen LogP contribution >= 0.6 is 24.4 Å². The summed E-state index contributed by atoms with van der Waals surface area (Å²) >= 11 is 9.73. The molecular weight excluding hydrogens is 192 g/mol. The summed E-state index contributed by atoms with van der Waals surface area (Å²) in [6.45, 7) is 1.50. The van der Waals surface area contributed by atoms with Crippen molar-refractivity contribution in [3.8, 4) is 0 Å². The maximum Gasteiger partial charge on any atom is 0.166 e. The number of hydrogen-bond acceptors (Lipinski definition) is 2. The summed E-state index contributed by atoms with van der Waals surface area (Å²) in [7, 11) is 3.56. The summed E-state index contributed by atoms with van der Waals surface area (Å²) in [6, 6.07) is 0. The van der Waals surface area contributed by atoms with Gasteiger partial charge in [-0.05, 0) is 24.4 Å². The van der Waals surface area contributed by atoms with Gasteiger partial charge in [0.2, 0.25) is 0 Å². The van der Waals surface area contributed by atoms with Crippen LogP contribution in [-0.4, -0.2) is 37.4 Å². The van der Waals surface area contributed by atoms with E-state index in [4.69, 9.17) is 24.4 Å². The van der Waals surface area contributed by atoms with Crippen LogP contribution in [0, 0.1) is 0 Å². The Morgan fingerprint density at radius 1 is 0.917 bits per heavy atom. The lowest BCUT2D eigenvalue weighted by Gasteiger charge is -2.08. The molecule has 0 fully saturated rings. The van der Waals surface area contributed by atoms with Crippen LogP contribution in [0.3, 0.4) is 0 Å². The second-order valence-electron chi connectivity index (χ2n) is 2.01. The van der Waals surface area contributed by atoms with Gasteiger partial charge in [-0.15, -0.1) is 0 Å². The maximum atomic E-state index is 4.86. The van der Waals surface area contributed by atoms with Crippen LogP contribution in [0.4, 0.5) is 0 Å². The molecule has 4 N–H and O–H groups in total. The van der Waals surface area contributed by atoms with Crippen molar-refractivity contribution in [1.82, 2.24) is 21.3 Å². The van der Waals surface area contributed by atoms with E-state index in [9.17, 15) is 0 Å². The van der Waals surface area contributed by atoms with Crippen LogP contribution in [0.1, 0.15) is 0 Å². The zero-order chi connectivity index (χ0) is 9.40. The molecule has 0 aromatic carbocycles. The molecule has 12 heavy (non-hydrogen) atoms. The minimum absolute atomic E-state index is 0.646. The van der Waals surface area contributed by atoms with Gasteiger partial charge in [0.1, 0.15) is 0 Å². The minimum atomic E-state index is 0.646. The Labute approximate surface area is 83.5 Å². The van der Waals surface area contributed by atoms with Gasteiger partial charge in [0, 0.05) is 27.2 Å². The molecule has 0 aliphatic carbocycles. The number of rotatable bonds is 3. The van der Waals surface area contributed by atoms with Crippen molar-refractivity contribution in [2.75, 3.05) is 27.2 Å². The van der Waals surface area contributed by atoms with Crippen LogP contribution in [-0.2, 0) is 0 Å². The first-order chi connectivity index (χ1) is 5.70. The van der Waals surface area contributed by atoms with Crippen LogP contribution in [0.25, 0.3) is 0 Å². The fourth-order valence-electron chi connectivity index (χ4n) is 0.529. The van der Waals surface area contributed by atoms with Gasteiger partial charge in [-0.1, -0.05) is 0 Å². The highest BCUT2D eigenvalue weighted by Crippen LogP contribution is 1.65. The molecule has 0 aliphatic rings. The summed E-state index contributed by atoms with van der Waals surface area (Å²) in [6.07, 6.45) is 0. The molecule has 0 amide bonds. The standard InChI is InChI=1S/C6H14N4S2/c1-7-5(11)9-3-4-10-6(12)8-2/h3-4H2,1-2H3,(H2,7,9,11)(H2,8,10,12). The average molecular weight is 206 g/mol. The van der Waals surface area contributed by atoms with Gasteiger partial charge in [0.05, 0.1) is 0 Å². The van der Waals surface area contributed by atoms with E-state index in [2.05, 4.69) is 21.3 Å². The van der Waals surface area contributed by atoms with Crippen LogP contribution in [0.5, 0.6) is 0 Å². The van der Waals surface area contributed by atoms with Gasteiger partial charge < -0.3 is 21.3 Å². The van der Waals surface area contributed by atoms with E-state index in [-0.39, 0.29) is 0 Å². The lowest BCUT2D eigenvalue weighted by molar-refractivity contribution is 0.795. The third-order valence-electron chi connectivity index (χ3n) is 1.15. The Balaban J connectivity index is 3.21. The highest BCUT2D eigenvalue weighted by atomic mass is 32.1. The Kier molecular flexibility index (Phi) is 6.69. The van der Waals surface area contributed by atoms with Gasteiger partial charge in [0.15, 0.2) is 10.2 Å². The van der Waals surface area contributed by atoms with Crippen LogP contribution < -0.4 is 21.3 Å². The molecule has 0 saturated heterocycles. The molecule has 0 unspecified atom stereocenters. The number of thiocarbonyl (C=S) groups is 2. The summed E-state index contributed by atoms with van der Waals surface area (Å²) in [5.74, 6) is 0. The van der Waals surface area contributed by atoms with Crippen molar-refractivity contribution in [3.05, 3.63) is 0 Å². The largest absolute Gasteiger partial charge is 0.366 e. The van der Waals surface area contributed by atoms with Crippen molar-refractivity contribution in [1.29, 1.82) is 0 Å². The molecule has 0 saturated carbocycles. The van der Waals surface area contributed by atoms with Gasteiger partial charge >= 0.3 is 0 Å². The molecule has 0 radical (unpaired) electrons. The fourth-order valence-corrected chi connectivity index (χ4v) is 0.733. The van der Waals surface area contributed by atoms with Crippen molar-refractivity contribution < 1.29 is 0 Å². The maximum absolute atomic E-state index is 4.86. The highest BCUT2D eigenvalue weighted by Gasteiger charge is 1.91. The van der Waals surface area contributed by atoms with Crippen molar-refractivity contribution in [2.24, 2.45) is 0 Å². The van der Waals surface area contributed by atoms with Crippen molar-refractivity contribution in [2.45, 2.75) is 0 Å². The highest BCUT2D eigenvalue weighted by molar-refractivity contribution is 7.80. The smallest absolute Gasteiger partial charge is 0.166 e. The number of hydrogen-bond donors (Lipinski definition) is 4. The zero-order valence-corrected chi connectivity index (χ0v) is 8.86. The first kappa shape index (κ1) is 11.4. The van der Waals surface area contributed by atoms with Crippen LogP contribution in [0.2, 0.25) is 0 Å². The third kappa shape index (κ3) is 6.11. The van der Waals surface area contributed by atoms with E-state index in [1.54, 1.807) is 14.1 Å². The lowest BCUT2D eigenvalue weighted by Crippen LogP contribution is -2.40. The Morgan fingerprint density at radius 2 is 1.25 bits per heavy atom. The van der Waals surface area contributed by atoms with E-state index in [1.165, 1.54) is 0 Å². The molecule has 6 heteroatoms. The summed E-state index contributed by atoms with van der Waals surface area (Å²) in [5, 5.41) is 12.9. The predicted molar refractivity (Wildman–Crippen MR) is 59.3 cm³/mol. The molecule has 4 nitrogen and oxygen atoms in total. The summed E-state index contributed by atoms with van der Waals surface area (Å²) in [4.78, 5) is 0. The topological polar surface area (TPSA) is 48.1 Å². The first-order valence-electron chi connectivity index (χ1n) is 3.62. The molecule has 0 atom stereocenters. The molecule has 0 bridgehead atoms. The van der Waals surface area contributed by atoms with E-state index in [1.807, 2.05) is 0 Å². The minimum Gasteiger partial charge on any atom is -0.366 e. The van der Waals surface area contributed by atoms with E-state index >= 15 is 0 Å².